The van der Waals surface area contributed by atoms with E-state index in [0.29, 0.717) is 6.04 Å². The Bertz CT molecular complexity index is 336. The van der Waals surface area contributed by atoms with Crippen molar-refractivity contribution in [2.75, 3.05) is 0 Å². The molecule has 3 rings (SSSR count). The van der Waals surface area contributed by atoms with Gasteiger partial charge >= 0.3 is 0 Å². The highest BCUT2D eigenvalue weighted by molar-refractivity contribution is 5.03. The molecule has 2 fully saturated rings. The number of nitrogens with zero attached hydrogens (tertiary/aromatic N) is 2. The van der Waals surface area contributed by atoms with Crippen LogP contribution in [0.25, 0.3) is 0 Å². The summed E-state index contributed by atoms with van der Waals surface area (Å²) in [6, 6.07) is 1.42. The van der Waals surface area contributed by atoms with Crippen molar-refractivity contribution >= 4 is 0 Å². The van der Waals surface area contributed by atoms with Crippen molar-refractivity contribution in [2.45, 2.75) is 51.2 Å². The zero-order valence-corrected chi connectivity index (χ0v) is 9.32. The molecule has 0 bridgehead atoms. The van der Waals surface area contributed by atoms with Crippen LogP contribution < -0.4 is 5.32 Å². The van der Waals surface area contributed by atoms with Gasteiger partial charge in [-0.25, -0.2) is 4.98 Å². The third-order valence-electron chi connectivity index (χ3n) is 3.62. The lowest BCUT2D eigenvalue weighted by atomic mass is 10.2. The average molecular weight is 205 g/mol. The molecule has 3 heteroatoms. The van der Waals surface area contributed by atoms with Crippen LogP contribution >= 0.6 is 0 Å². The van der Waals surface area contributed by atoms with Crippen LogP contribution in [0, 0.1) is 5.92 Å². The summed E-state index contributed by atoms with van der Waals surface area (Å²) < 4.78 is 2.34. The average Bonchev–Trinajstić information content (AvgIpc) is 3.12. The van der Waals surface area contributed by atoms with Gasteiger partial charge in [-0.1, -0.05) is 0 Å². The SMILES string of the molecule is CC(NCc1cncn1C1CC1)C1CC1. The smallest absolute Gasteiger partial charge is 0.0951 e. The van der Waals surface area contributed by atoms with Gasteiger partial charge in [0.25, 0.3) is 0 Å². The topological polar surface area (TPSA) is 29.9 Å². The Labute approximate surface area is 90.9 Å². The molecule has 0 aromatic carbocycles. The van der Waals surface area contributed by atoms with Crippen LogP contribution in [0.1, 0.15) is 44.3 Å². The summed E-state index contributed by atoms with van der Waals surface area (Å²) in [6.45, 7) is 3.28. The molecule has 1 atom stereocenters. The van der Waals surface area contributed by atoms with Gasteiger partial charge in [0.05, 0.1) is 12.0 Å². The number of hydrogen-bond donors (Lipinski definition) is 1. The maximum Gasteiger partial charge on any atom is 0.0951 e. The standard InChI is InChI=1S/C12H19N3/c1-9(10-2-3-10)14-7-12-6-13-8-15(12)11-4-5-11/h6,8-11,14H,2-5,7H2,1H3. The van der Waals surface area contributed by atoms with E-state index in [-0.39, 0.29) is 0 Å². The van der Waals surface area contributed by atoms with E-state index in [1.165, 1.54) is 31.4 Å². The van der Waals surface area contributed by atoms with Gasteiger partial charge in [0.1, 0.15) is 0 Å². The molecule has 0 amide bonds. The highest BCUT2D eigenvalue weighted by atomic mass is 15.1. The van der Waals surface area contributed by atoms with Crippen molar-refractivity contribution in [3.63, 3.8) is 0 Å². The van der Waals surface area contributed by atoms with Crippen molar-refractivity contribution in [1.82, 2.24) is 14.9 Å². The van der Waals surface area contributed by atoms with Gasteiger partial charge in [0.2, 0.25) is 0 Å². The minimum absolute atomic E-state index is 0.674. The van der Waals surface area contributed by atoms with Crippen LogP contribution in [-0.2, 0) is 6.54 Å². The molecule has 3 nitrogen and oxygen atoms in total. The lowest BCUT2D eigenvalue weighted by Crippen LogP contribution is -2.28. The van der Waals surface area contributed by atoms with Crippen LogP contribution in [0.5, 0.6) is 0 Å². The first-order valence-corrected chi connectivity index (χ1v) is 6.08. The third-order valence-corrected chi connectivity index (χ3v) is 3.62. The summed E-state index contributed by atoms with van der Waals surface area (Å²) in [5, 5.41) is 3.61. The summed E-state index contributed by atoms with van der Waals surface area (Å²) in [5.74, 6) is 0.933. The third kappa shape index (κ3) is 2.07. The molecule has 0 aliphatic heterocycles. The van der Waals surface area contributed by atoms with Crippen LogP contribution in [0.15, 0.2) is 12.5 Å². The maximum absolute atomic E-state index is 4.24. The van der Waals surface area contributed by atoms with Crippen molar-refractivity contribution in [3.05, 3.63) is 18.2 Å². The van der Waals surface area contributed by atoms with Gasteiger partial charge in [-0.2, -0.15) is 0 Å². The van der Waals surface area contributed by atoms with E-state index >= 15 is 0 Å². The first-order chi connectivity index (χ1) is 7.34. The summed E-state index contributed by atoms with van der Waals surface area (Å²) in [6.07, 6.45) is 9.48. The number of nitrogens with one attached hydrogen (secondary N) is 1. The Hall–Kier alpha value is -0.830. The van der Waals surface area contributed by atoms with E-state index in [4.69, 9.17) is 0 Å². The fourth-order valence-electron chi connectivity index (χ4n) is 2.18. The number of imidazole rings is 1. The van der Waals surface area contributed by atoms with Crippen molar-refractivity contribution in [2.24, 2.45) is 5.92 Å². The molecule has 15 heavy (non-hydrogen) atoms. The summed E-state index contributed by atoms with van der Waals surface area (Å²) in [7, 11) is 0. The molecule has 1 heterocycles. The zero-order valence-electron chi connectivity index (χ0n) is 9.32. The minimum atomic E-state index is 0.674. The molecule has 0 spiro atoms. The minimum Gasteiger partial charge on any atom is -0.330 e. The van der Waals surface area contributed by atoms with Crippen molar-refractivity contribution in [3.8, 4) is 0 Å². The normalized spacial score (nSPS) is 23.0. The zero-order chi connectivity index (χ0) is 10.3. The fraction of sp³-hybridized carbons (Fsp3) is 0.750. The second-order valence-corrected chi connectivity index (χ2v) is 5.03. The molecule has 2 saturated carbocycles. The first-order valence-electron chi connectivity index (χ1n) is 6.08. The molecule has 1 unspecified atom stereocenters. The van der Waals surface area contributed by atoms with E-state index in [1.54, 1.807) is 0 Å². The lowest BCUT2D eigenvalue weighted by Gasteiger charge is -2.13. The Morgan fingerprint density at radius 2 is 2.27 bits per heavy atom. The molecule has 1 N–H and O–H groups in total. The molecular weight excluding hydrogens is 186 g/mol. The largest absolute Gasteiger partial charge is 0.330 e. The van der Waals surface area contributed by atoms with Crippen LogP contribution in [0.4, 0.5) is 0 Å². The molecule has 82 valence electrons. The van der Waals surface area contributed by atoms with Gasteiger partial charge in [0.15, 0.2) is 0 Å². The Balaban J connectivity index is 1.58. The number of rotatable bonds is 5. The predicted molar refractivity (Wildman–Crippen MR) is 59.5 cm³/mol. The quantitative estimate of drug-likeness (QED) is 0.798. The van der Waals surface area contributed by atoms with Gasteiger partial charge in [0, 0.05) is 24.8 Å². The van der Waals surface area contributed by atoms with Crippen LogP contribution in [0.3, 0.4) is 0 Å². The van der Waals surface area contributed by atoms with Crippen LogP contribution in [0.2, 0.25) is 0 Å². The molecule has 1 aromatic heterocycles. The Morgan fingerprint density at radius 3 is 2.93 bits per heavy atom. The molecular formula is C12H19N3. The van der Waals surface area contributed by atoms with E-state index in [1.807, 2.05) is 12.5 Å². The summed E-state index contributed by atoms with van der Waals surface area (Å²) >= 11 is 0. The molecule has 2 aliphatic carbocycles. The second-order valence-electron chi connectivity index (χ2n) is 5.03. The van der Waals surface area contributed by atoms with E-state index in [0.717, 1.165) is 18.5 Å². The number of aromatic nitrogens is 2. The molecule has 0 radical (unpaired) electrons. The Kier molecular flexibility index (Phi) is 2.28. The lowest BCUT2D eigenvalue weighted by molar-refractivity contribution is 0.483. The molecule has 1 aromatic rings. The highest BCUT2D eigenvalue weighted by Crippen LogP contribution is 2.36. The van der Waals surface area contributed by atoms with Crippen molar-refractivity contribution in [1.29, 1.82) is 0 Å². The summed E-state index contributed by atoms with van der Waals surface area (Å²) in [5.41, 5.74) is 1.35. The summed E-state index contributed by atoms with van der Waals surface area (Å²) in [4.78, 5) is 4.24. The van der Waals surface area contributed by atoms with Gasteiger partial charge in [-0.05, 0) is 38.5 Å². The van der Waals surface area contributed by atoms with Gasteiger partial charge in [-0.15, -0.1) is 0 Å². The van der Waals surface area contributed by atoms with E-state index < -0.39 is 0 Å². The fourth-order valence-corrected chi connectivity index (χ4v) is 2.18. The molecule has 0 saturated heterocycles. The van der Waals surface area contributed by atoms with Gasteiger partial charge < -0.3 is 9.88 Å². The number of hydrogen-bond acceptors (Lipinski definition) is 2. The van der Waals surface area contributed by atoms with E-state index in [9.17, 15) is 0 Å². The van der Waals surface area contributed by atoms with E-state index in [2.05, 4.69) is 21.8 Å². The second kappa shape index (κ2) is 3.63. The maximum atomic E-state index is 4.24. The highest BCUT2D eigenvalue weighted by Gasteiger charge is 2.28. The molecule has 2 aliphatic rings. The monoisotopic (exact) mass is 205 g/mol. The first kappa shape index (κ1) is 9.40. The Morgan fingerprint density at radius 1 is 1.47 bits per heavy atom. The predicted octanol–water partition coefficient (Wildman–Crippen LogP) is 2.11. The van der Waals surface area contributed by atoms with Gasteiger partial charge in [-0.3, -0.25) is 0 Å². The van der Waals surface area contributed by atoms with Crippen molar-refractivity contribution < 1.29 is 0 Å². The van der Waals surface area contributed by atoms with Crippen LogP contribution in [-0.4, -0.2) is 15.6 Å².